The molecule has 2 aromatic rings. The Hall–Kier alpha value is -3.76. The first-order valence-corrected chi connectivity index (χ1v) is 11.6. The van der Waals surface area contributed by atoms with Crippen LogP contribution in [0.25, 0.3) is 11.0 Å². The van der Waals surface area contributed by atoms with E-state index in [-0.39, 0.29) is 40.9 Å². The van der Waals surface area contributed by atoms with Crippen molar-refractivity contribution in [2.75, 3.05) is 13.2 Å². The molecule has 0 bridgehead atoms. The van der Waals surface area contributed by atoms with Crippen LogP contribution < -0.4 is 21.2 Å². The molecule has 0 saturated heterocycles. The van der Waals surface area contributed by atoms with Gasteiger partial charge in [-0.25, -0.2) is 4.79 Å². The number of hydrogen-bond donors (Lipinski definition) is 5. The lowest BCUT2D eigenvalue weighted by Gasteiger charge is -2.40. The van der Waals surface area contributed by atoms with Crippen molar-refractivity contribution in [2.45, 2.75) is 51.9 Å². The first-order chi connectivity index (χ1) is 17.1. The number of dihydropyridines is 1. The number of phenolic OH excluding ortho intramolecular Hbond substituents is 1. The van der Waals surface area contributed by atoms with Gasteiger partial charge in [0, 0.05) is 36.6 Å². The average Bonchev–Trinajstić information content (AvgIpc) is 2.82. The van der Waals surface area contributed by atoms with Gasteiger partial charge in [0.05, 0.1) is 18.0 Å². The first-order valence-electron chi connectivity index (χ1n) is 11.6. The Morgan fingerprint density at radius 1 is 1.36 bits per heavy atom. The van der Waals surface area contributed by atoms with Gasteiger partial charge in [0.15, 0.2) is 5.43 Å². The van der Waals surface area contributed by atoms with Crippen molar-refractivity contribution in [3.63, 3.8) is 0 Å². The van der Waals surface area contributed by atoms with Crippen LogP contribution in [0.15, 0.2) is 50.5 Å². The number of aliphatic hydroxyl groups excluding tert-OH is 2. The monoisotopic (exact) mass is 498 g/mol. The van der Waals surface area contributed by atoms with Crippen molar-refractivity contribution in [3.05, 3.63) is 68.4 Å². The fourth-order valence-corrected chi connectivity index (χ4v) is 4.43. The van der Waals surface area contributed by atoms with Gasteiger partial charge in [-0.05, 0) is 32.4 Å². The predicted molar refractivity (Wildman–Crippen MR) is 131 cm³/mol. The van der Waals surface area contributed by atoms with Crippen molar-refractivity contribution < 1.29 is 34.0 Å². The third kappa shape index (κ3) is 4.57. The van der Waals surface area contributed by atoms with Gasteiger partial charge in [-0.2, -0.15) is 0 Å². The highest BCUT2D eigenvalue weighted by Crippen LogP contribution is 2.47. The molecule has 0 aliphatic carbocycles. The Balaban J connectivity index is 1.90. The summed E-state index contributed by atoms with van der Waals surface area (Å²) in [4.78, 5) is 25.5. The fourth-order valence-electron chi connectivity index (χ4n) is 4.43. The number of ether oxygens (including phenoxy) is 2. The molecule has 4 rings (SSSR count). The number of nitrogens with two attached hydrogens (primary N) is 1. The second-order valence-corrected chi connectivity index (χ2v) is 9.29. The summed E-state index contributed by atoms with van der Waals surface area (Å²) in [5.41, 5.74) is 6.24. The van der Waals surface area contributed by atoms with Gasteiger partial charge in [0.2, 0.25) is 0 Å². The molecule has 10 nitrogen and oxygen atoms in total. The van der Waals surface area contributed by atoms with Crippen molar-refractivity contribution in [1.29, 1.82) is 0 Å². The maximum atomic E-state index is 13.0. The zero-order valence-corrected chi connectivity index (χ0v) is 20.4. The topological polar surface area (TPSA) is 164 Å². The number of nitrogens with one attached hydrogen (secondary N) is 1. The highest BCUT2D eigenvalue weighted by molar-refractivity contribution is 5.91. The number of benzene rings is 1. The van der Waals surface area contributed by atoms with Crippen LogP contribution in [0.2, 0.25) is 0 Å². The van der Waals surface area contributed by atoms with E-state index in [1.807, 2.05) is 6.08 Å². The normalized spacial score (nSPS) is 19.0. The van der Waals surface area contributed by atoms with E-state index in [4.69, 9.17) is 19.6 Å². The molecular weight excluding hydrogens is 468 g/mol. The standard InChI is InChI=1S/C26H30N2O8/c1-4-14(11-29)25(33)35-19-10-16-22(32)21-18(31)9-15(12-30)34-24(21)17(23(16)36-26(19,2)3)7-13-5-6-28-20(27)8-13/h4-5,8-9,19,28-30,32H,6-7,10-12,27H2,1-3H3. The first kappa shape index (κ1) is 25.3. The molecule has 3 heterocycles. The summed E-state index contributed by atoms with van der Waals surface area (Å²) in [6, 6.07) is 1.13. The maximum absolute atomic E-state index is 13.0. The van der Waals surface area contributed by atoms with Gasteiger partial charge in [0.25, 0.3) is 0 Å². The third-order valence-electron chi connectivity index (χ3n) is 6.45. The SMILES string of the molecule is CC=C(CO)C(=O)OC1Cc2c(c(CC3=CCNC(N)=C3)c3oc(CO)cc(=O)c3c2O)OC1(C)C. The molecule has 6 N–H and O–H groups in total. The molecule has 36 heavy (non-hydrogen) atoms. The van der Waals surface area contributed by atoms with Crippen molar-refractivity contribution in [3.8, 4) is 11.5 Å². The van der Waals surface area contributed by atoms with E-state index in [1.54, 1.807) is 26.8 Å². The zero-order chi connectivity index (χ0) is 26.2. The number of aliphatic hydroxyl groups is 2. The number of hydrogen-bond acceptors (Lipinski definition) is 10. The Morgan fingerprint density at radius 3 is 2.75 bits per heavy atom. The zero-order valence-electron chi connectivity index (χ0n) is 20.4. The van der Waals surface area contributed by atoms with Crippen LogP contribution in [0, 0.1) is 0 Å². The summed E-state index contributed by atoms with van der Waals surface area (Å²) >= 11 is 0. The van der Waals surface area contributed by atoms with Gasteiger partial charge in [-0.15, -0.1) is 0 Å². The van der Waals surface area contributed by atoms with Gasteiger partial charge < -0.3 is 40.3 Å². The highest BCUT2D eigenvalue weighted by atomic mass is 16.6. The van der Waals surface area contributed by atoms with Crippen LogP contribution in [0.5, 0.6) is 11.5 Å². The number of carbonyl (C=O) groups is 1. The minimum atomic E-state index is -1.03. The van der Waals surface area contributed by atoms with Crippen molar-refractivity contribution >= 4 is 16.9 Å². The van der Waals surface area contributed by atoms with Gasteiger partial charge in [-0.3, -0.25) is 4.79 Å². The van der Waals surface area contributed by atoms with Gasteiger partial charge in [0.1, 0.15) is 46.5 Å². The van der Waals surface area contributed by atoms with Gasteiger partial charge >= 0.3 is 5.97 Å². The van der Waals surface area contributed by atoms with E-state index in [1.165, 1.54) is 6.08 Å². The van der Waals surface area contributed by atoms with E-state index in [9.17, 15) is 24.9 Å². The molecule has 10 heteroatoms. The lowest BCUT2D eigenvalue weighted by atomic mass is 9.86. The van der Waals surface area contributed by atoms with E-state index in [2.05, 4.69) is 5.32 Å². The Bertz CT molecular complexity index is 1370. The summed E-state index contributed by atoms with van der Waals surface area (Å²) in [6.07, 6.45) is 4.66. The van der Waals surface area contributed by atoms with E-state index in [0.717, 1.165) is 11.6 Å². The fraction of sp³-hybridized carbons (Fsp3) is 0.385. The number of aromatic hydroxyl groups is 1. The molecule has 0 radical (unpaired) electrons. The van der Waals surface area contributed by atoms with Crippen LogP contribution in [-0.4, -0.2) is 46.1 Å². The molecule has 2 aliphatic heterocycles. The second kappa shape index (κ2) is 9.71. The van der Waals surface area contributed by atoms with E-state index in [0.29, 0.717) is 29.2 Å². The number of rotatable bonds is 6. The van der Waals surface area contributed by atoms with E-state index >= 15 is 0 Å². The summed E-state index contributed by atoms with van der Waals surface area (Å²) in [5, 5.41) is 33.2. The number of carbonyl (C=O) groups excluding carboxylic acids is 1. The summed E-state index contributed by atoms with van der Waals surface area (Å²) in [5.74, 6) is -0.180. The average molecular weight is 499 g/mol. The molecule has 0 amide bonds. The van der Waals surface area contributed by atoms with E-state index < -0.39 is 36.3 Å². The molecule has 1 aromatic carbocycles. The van der Waals surface area contributed by atoms with Crippen molar-refractivity contribution in [1.82, 2.24) is 5.32 Å². The largest absolute Gasteiger partial charge is 0.507 e. The molecule has 2 aliphatic rings. The minimum Gasteiger partial charge on any atom is -0.507 e. The van der Waals surface area contributed by atoms with Crippen LogP contribution in [0.1, 0.15) is 37.7 Å². The summed E-state index contributed by atoms with van der Waals surface area (Å²) < 4.78 is 17.9. The molecule has 192 valence electrons. The Morgan fingerprint density at radius 2 is 2.11 bits per heavy atom. The predicted octanol–water partition coefficient (Wildman–Crippen LogP) is 1.43. The minimum absolute atomic E-state index is 0.0483. The van der Waals surface area contributed by atoms with Crippen LogP contribution in [0.4, 0.5) is 0 Å². The molecule has 0 fully saturated rings. The summed E-state index contributed by atoms with van der Waals surface area (Å²) in [7, 11) is 0. The van der Waals surface area contributed by atoms with Crippen molar-refractivity contribution in [2.24, 2.45) is 5.73 Å². The molecule has 0 saturated carbocycles. The van der Waals surface area contributed by atoms with Crippen LogP contribution in [0.3, 0.4) is 0 Å². The Kier molecular flexibility index (Phi) is 6.83. The quantitative estimate of drug-likeness (QED) is 0.291. The molecule has 1 atom stereocenters. The highest BCUT2D eigenvalue weighted by Gasteiger charge is 2.43. The maximum Gasteiger partial charge on any atom is 0.336 e. The smallest absolute Gasteiger partial charge is 0.336 e. The number of allylic oxidation sites excluding steroid dienone is 3. The molecular formula is C26H30N2O8. The number of phenols is 1. The van der Waals surface area contributed by atoms with Crippen LogP contribution in [-0.2, 0) is 29.0 Å². The number of esters is 1. The number of fused-ring (bicyclic) bond motifs is 2. The van der Waals surface area contributed by atoms with Crippen LogP contribution >= 0.6 is 0 Å². The Labute approximate surface area is 207 Å². The third-order valence-corrected chi connectivity index (χ3v) is 6.45. The lowest BCUT2D eigenvalue weighted by Crippen LogP contribution is -2.49. The van der Waals surface area contributed by atoms with Gasteiger partial charge in [-0.1, -0.05) is 12.2 Å². The second-order valence-electron chi connectivity index (χ2n) is 9.29. The lowest BCUT2D eigenvalue weighted by molar-refractivity contribution is -0.157. The molecule has 1 unspecified atom stereocenters. The molecule has 0 spiro atoms. The summed E-state index contributed by atoms with van der Waals surface area (Å²) in [6.45, 7) is 4.65. The molecule has 1 aromatic heterocycles.